The van der Waals surface area contributed by atoms with Crippen LogP contribution in [0.3, 0.4) is 0 Å². The standard InChI is InChI=1S/C27H29FN6O3/c1-17-10-13-19(14-11-17)25-30-32-33(31-25)16-23(35)34(21-9-7-6-8-20(21)28)24(22-15-12-18(2)37-22)26(36)29-27(3,4)5/h6-15,24H,16H2,1-5H3,(H,29,36)/t24-/m0/s1. The Labute approximate surface area is 214 Å². The van der Waals surface area contributed by atoms with Gasteiger partial charge in [-0.25, -0.2) is 4.39 Å². The van der Waals surface area contributed by atoms with Crippen LogP contribution in [-0.4, -0.2) is 37.6 Å². The van der Waals surface area contributed by atoms with Crippen molar-refractivity contribution in [3.05, 3.63) is 83.6 Å². The van der Waals surface area contributed by atoms with Crippen LogP contribution in [0.25, 0.3) is 11.4 Å². The van der Waals surface area contributed by atoms with Crippen LogP contribution in [0.4, 0.5) is 10.1 Å². The number of carbonyl (C=O) groups is 2. The molecular weight excluding hydrogens is 475 g/mol. The lowest BCUT2D eigenvalue weighted by molar-refractivity contribution is -0.128. The first-order chi connectivity index (χ1) is 17.5. The number of benzene rings is 2. The molecule has 0 aliphatic carbocycles. The van der Waals surface area contributed by atoms with Crippen LogP contribution in [0, 0.1) is 19.7 Å². The van der Waals surface area contributed by atoms with Crippen LogP contribution in [0.1, 0.15) is 43.9 Å². The molecule has 2 aromatic carbocycles. The fourth-order valence-electron chi connectivity index (χ4n) is 3.80. The van der Waals surface area contributed by atoms with E-state index in [1.807, 2.05) is 52.0 Å². The summed E-state index contributed by atoms with van der Waals surface area (Å²) >= 11 is 0. The quantitative estimate of drug-likeness (QED) is 0.400. The molecule has 2 heterocycles. The average Bonchev–Trinajstić information content (AvgIpc) is 3.46. The van der Waals surface area contributed by atoms with Crippen molar-refractivity contribution in [2.24, 2.45) is 0 Å². The highest BCUT2D eigenvalue weighted by molar-refractivity contribution is 6.01. The molecule has 10 heteroatoms. The van der Waals surface area contributed by atoms with Crippen molar-refractivity contribution in [1.82, 2.24) is 25.5 Å². The topological polar surface area (TPSA) is 106 Å². The molecular formula is C27H29FN6O3. The van der Waals surface area contributed by atoms with E-state index >= 15 is 4.39 Å². The number of nitrogens with zero attached hydrogens (tertiary/aromatic N) is 5. The predicted molar refractivity (Wildman–Crippen MR) is 136 cm³/mol. The molecule has 0 saturated carbocycles. The van der Waals surface area contributed by atoms with Crippen LogP contribution in [0.15, 0.2) is 65.1 Å². The Morgan fingerprint density at radius 2 is 1.76 bits per heavy atom. The normalized spacial score (nSPS) is 12.3. The molecule has 0 bridgehead atoms. The van der Waals surface area contributed by atoms with E-state index in [9.17, 15) is 9.59 Å². The van der Waals surface area contributed by atoms with Gasteiger partial charge in [-0.15, -0.1) is 10.2 Å². The molecule has 9 nitrogen and oxygen atoms in total. The summed E-state index contributed by atoms with van der Waals surface area (Å²) in [7, 11) is 0. The fraction of sp³-hybridized carbons (Fsp3) is 0.296. The van der Waals surface area contributed by atoms with Crippen molar-refractivity contribution in [3.63, 3.8) is 0 Å². The van der Waals surface area contributed by atoms with Crippen molar-refractivity contribution >= 4 is 17.5 Å². The number of nitrogens with one attached hydrogen (secondary N) is 1. The van der Waals surface area contributed by atoms with Gasteiger partial charge in [0.25, 0.3) is 11.8 Å². The highest BCUT2D eigenvalue weighted by atomic mass is 19.1. The van der Waals surface area contributed by atoms with E-state index in [0.717, 1.165) is 20.8 Å². The van der Waals surface area contributed by atoms with Gasteiger partial charge in [0.05, 0.1) is 5.69 Å². The summed E-state index contributed by atoms with van der Waals surface area (Å²) in [5.41, 5.74) is 1.13. The molecule has 2 amide bonds. The van der Waals surface area contributed by atoms with Crippen LogP contribution < -0.4 is 10.2 Å². The van der Waals surface area contributed by atoms with Gasteiger partial charge in [0.2, 0.25) is 5.82 Å². The lowest BCUT2D eigenvalue weighted by Gasteiger charge is -2.32. The number of carbonyl (C=O) groups excluding carboxylic acids is 2. The summed E-state index contributed by atoms with van der Waals surface area (Å²) in [5, 5.41) is 15.3. The molecule has 1 atom stereocenters. The van der Waals surface area contributed by atoms with Gasteiger partial charge in [-0.3, -0.25) is 14.5 Å². The van der Waals surface area contributed by atoms with E-state index in [1.165, 1.54) is 18.2 Å². The molecule has 4 aromatic rings. The first-order valence-corrected chi connectivity index (χ1v) is 11.8. The van der Waals surface area contributed by atoms with Gasteiger partial charge in [-0.2, -0.15) is 4.80 Å². The molecule has 0 spiro atoms. The number of furan rings is 1. The zero-order chi connectivity index (χ0) is 26.7. The van der Waals surface area contributed by atoms with Crippen LogP contribution in [0.2, 0.25) is 0 Å². The van der Waals surface area contributed by atoms with E-state index in [0.29, 0.717) is 11.6 Å². The molecule has 37 heavy (non-hydrogen) atoms. The molecule has 0 fully saturated rings. The van der Waals surface area contributed by atoms with Crippen LogP contribution in [-0.2, 0) is 16.1 Å². The monoisotopic (exact) mass is 504 g/mol. The highest BCUT2D eigenvalue weighted by Crippen LogP contribution is 2.32. The number of anilines is 1. The SMILES string of the molecule is Cc1ccc(-c2nnn(CC(=O)N(c3ccccc3F)[C@H](C(=O)NC(C)(C)C)c3ccc(C)o3)n2)cc1. The van der Waals surface area contributed by atoms with E-state index in [2.05, 4.69) is 20.7 Å². The Hall–Kier alpha value is -4.34. The minimum atomic E-state index is -1.28. The molecule has 0 aliphatic rings. The van der Waals surface area contributed by atoms with Crippen molar-refractivity contribution in [2.45, 2.75) is 52.7 Å². The molecule has 4 rings (SSSR count). The van der Waals surface area contributed by atoms with Crippen molar-refractivity contribution < 1.29 is 18.4 Å². The van der Waals surface area contributed by atoms with Crippen LogP contribution >= 0.6 is 0 Å². The lowest BCUT2D eigenvalue weighted by atomic mass is 10.1. The highest BCUT2D eigenvalue weighted by Gasteiger charge is 2.38. The van der Waals surface area contributed by atoms with Gasteiger partial charge in [-0.1, -0.05) is 42.0 Å². The third-order valence-electron chi connectivity index (χ3n) is 5.46. The summed E-state index contributed by atoms with van der Waals surface area (Å²) in [4.78, 5) is 29.5. The molecule has 1 N–H and O–H groups in total. The zero-order valence-corrected chi connectivity index (χ0v) is 21.4. The second kappa shape index (κ2) is 10.3. The van der Waals surface area contributed by atoms with Gasteiger partial charge in [0.15, 0.2) is 6.04 Å². The summed E-state index contributed by atoms with van der Waals surface area (Å²) < 4.78 is 20.8. The maximum absolute atomic E-state index is 15.1. The Morgan fingerprint density at radius 1 is 1.05 bits per heavy atom. The van der Waals surface area contributed by atoms with Gasteiger partial charge < -0.3 is 9.73 Å². The smallest absolute Gasteiger partial charge is 0.251 e. The molecule has 2 aromatic heterocycles. The first kappa shape index (κ1) is 25.7. The summed E-state index contributed by atoms with van der Waals surface area (Å²) in [6.45, 7) is 8.76. The largest absolute Gasteiger partial charge is 0.464 e. The number of aryl methyl sites for hydroxylation is 2. The minimum Gasteiger partial charge on any atom is -0.464 e. The molecule has 0 unspecified atom stereocenters. The first-order valence-electron chi connectivity index (χ1n) is 11.8. The summed E-state index contributed by atoms with van der Waals surface area (Å²) in [6, 6.07) is 15.3. The van der Waals surface area contributed by atoms with Crippen molar-refractivity contribution in [1.29, 1.82) is 0 Å². The van der Waals surface area contributed by atoms with Crippen molar-refractivity contribution in [3.8, 4) is 11.4 Å². The lowest BCUT2D eigenvalue weighted by Crippen LogP contribution is -2.50. The third-order valence-corrected chi connectivity index (χ3v) is 5.46. The van der Waals surface area contributed by atoms with E-state index in [4.69, 9.17) is 4.42 Å². The Kier molecular flexibility index (Phi) is 7.19. The maximum Gasteiger partial charge on any atom is 0.251 e. The summed E-state index contributed by atoms with van der Waals surface area (Å²) in [5.74, 6) is -0.729. The van der Waals surface area contributed by atoms with Gasteiger partial charge >= 0.3 is 0 Å². The Balaban J connectivity index is 1.73. The minimum absolute atomic E-state index is 0.0746. The van der Waals surface area contributed by atoms with E-state index < -0.39 is 29.2 Å². The molecule has 0 radical (unpaired) electrons. The van der Waals surface area contributed by atoms with Gasteiger partial charge in [-0.05, 0) is 64.1 Å². The van der Waals surface area contributed by atoms with Crippen molar-refractivity contribution in [2.75, 3.05) is 4.90 Å². The number of hydrogen-bond acceptors (Lipinski definition) is 6. The number of hydrogen-bond donors (Lipinski definition) is 1. The zero-order valence-electron chi connectivity index (χ0n) is 21.4. The van der Waals surface area contributed by atoms with Gasteiger partial charge in [0.1, 0.15) is 23.9 Å². The number of halogens is 1. The predicted octanol–water partition coefficient (Wildman–Crippen LogP) is 4.38. The molecule has 0 saturated heterocycles. The third kappa shape index (κ3) is 6.08. The Morgan fingerprint density at radius 3 is 2.38 bits per heavy atom. The number of tetrazole rings is 1. The van der Waals surface area contributed by atoms with E-state index in [-0.39, 0.29) is 18.0 Å². The number of aromatic nitrogens is 4. The second-order valence-electron chi connectivity index (χ2n) is 9.81. The Bertz CT molecular complexity index is 1400. The van der Waals surface area contributed by atoms with E-state index in [1.54, 1.807) is 25.1 Å². The van der Waals surface area contributed by atoms with Gasteiger partial charge in [0, 0.05) is 11.1 Å². The number of amides is 2. The average molecular weight is 505 g/mol. The maximum atomic E-state index is 15.1. The van der Waals surface area contributed by atoms with Crippen LogP contribution in [0.5, 0.6) is 0 Å². The molecule has 192 valence electrons. The number of rotatable bonds is 7. The number of para-hydroxylation sites is 1. The molecule has 0 aliphatic heterocycles. The summed E-state index contributed by atoms with van der Waals surface area (Å²) in [6.07, 6.45) is 0. The second-order valence-corrected chi connectivity index (χ2v) is 9.81. The fourth-order valence-corrected chi connectivity index (χ4v) is 3.80.